The van der Waals surface area contributed by atoms with Crippen molar-refractivity contribution in [3.05, 3.63) is 0 Å². The third kappa shape index (κ3) is 15.9. The van der Waals surface area contributed by atoms with Gasteiger partial charge in [0.15, 0.2) is 11.6 Å². The monoisotopic (exact) mass is 498 g/mol. The van der Waals surface area contributed by atoms with Crippen molar-refractivity contribution in [1.29, 1.82) is 0 Å². The molecule has 2 saturated heterocycles. The van der Waals surface area contributed by atoms with Crippen molar-refractivity contribution in [2.75, 3.05) is 13.2 Å². The van der Waals surface area contributed by atoms with Crippen LogP contribution in [0.1, 0.15) is 162 Å². The van der Waals surface area contributed by atoms with Crippen molar-refractivity contribution in [2.24, 2.45) is 0 Å². The van der Waals surface area contributed by atoms with E-state index in [0.29, 0.717) is 0 Å². The molecule has 0 radical (unpaired) electrons. The van der Waals surface area contributed by atoms with Crippen LogP contribution in [-0.4, -0.2) is 35.9 Å². The fourth-order valence-corrected chi connectivity index (χ4v) is 5.07. The zero-order valence-electron chi connectivity index (χ0n) is 23.6. The van der Waals surface area contributed by atoms with Gasteiger partial charge in [0.05, 0.1) is 13.2 Å². The summed E-state index contributed by atoms with van der Waals surface area (Å²) in [6, 6.07) is 0. The molecule has 0 saturated carbocycles. The van der Waals surface area contributed by atoms with Crippen molar-refractivity contribution in [3.8, 4) is 0 Å². The lowest BCUT2D eigenvalue weighted by molar-refractivity contribution is -0.432. The highest BCUT2D eigenvalue weighted by Gasteiger charge is 2.50. The fraction of sp³-hybridized carbons (Fsp3) is 0.967. The highest BCUT2D eigenvalue weighted by Crippen LogP contribution is 2.44. The lowest BCUT2D eigenvalue weighted by Gasteiger charge is -2.51. The molecule has 208 valence electrons. The first-order valence-corrected chi connectivity index (χ1v) is 15.2. The molecule has 0 aromatic heterocycles. The summed E-state index contributed by atoms with van der Waals surface area (Å²) in [5.74, 6) is -1.50. The predicted octanol–water partition coefficient (Wildman–Crippen LogP) is 9.17. The van der Waals surface area contributed by atoms with E-state index in [4.69, 9.17) is 24.1 Å². The van der Waals surface area contributed by atoms with Crippen molar-refractivity contribution < 1.29 is 24.1 Å². The van der Waals surface area contributed by atoms with Crippen LogP contribution in [0.25, 0.3) is 0 Å². The second kappa shape index (κ2) is 20.4. The largest absolute Gasteiger partial charge is 0.481 e. The third-order valence-corrected chi connectivity index (χ3v) is 7.39. The van der Waals surface area contributed by atoms with E-state index in [1.165, 1.54) is 116 Å². The van der Waals surface area contributed by atoms with Gasteiger partial charge >= 0.3 is 0 Å². The van der Waals surface area contributed by atoms with Crippen LogP contribution in [0.3, 0.4) is 0 Å². The molecule has 2 heterocycles. The van der Waals surface area contributed by atoms with Crippen LogP contribution in [0.15, 0.2) is 0 Å². The van der Waals surface area contributed by atoms with Gasteiger partial charge in [0.2, 0.25) is 0 Å². The maximum Gasteiger partial charge on any atom is 0.300 e. The number of aliphatic carboxylic acids is 1. The molecular formula is C30H58O5. The Labute approximate surface area is 217 Å². The number of carbonyl (C=O) groups is 1. The number of hydrogen-bond donors (Lipinski definition) is 1. The first-order valence-electron chi connectivity index (χ1n) is 15.2. The Hall–Kier alpha value is -0.650. The Kier molecular flexibility index (Phi) is 18.9. The molecule has 2 fully saturated rings. The van der Waals surface area contributed by atoms with Gasteiger partial charge in [-0.15, -0.1) is 0 Å². The molecule has 5 heteroatoms. The van der Waals surface area contributed by atoms with E-state index in [0.717, 1.165) is 45.8 Å². The van der Waals surface area contributed by atoms with Crippen molar-refractivity contribution in [3.63, 3.8) is 0 Å². The second-order valence-corrected chi connectivity index (χ2v) is 10.8. The highest BCUT2D eigenvalue weighted by atomic mass is 16.8. The Balaban J connectivity index is 0.00000142. The summed E-state index contributed by atoms with van der Waals surface area (Å²) in [6.07, 6.45) is 28.8. The van der Waals surface area contributed by atoms with E-state index in [-0.39, 0.29) is 11.6 Å². The minimum absolute atomic E-state index is 0.333. The van der Waals surface area contributed by atoms with Crippen LogP contribution < -0.4 is 0 Å². The van der Waals surface area contributed by atoms with Crippen LogP contribution in [0.2, 0.25) is 0 Å². The topological polar surface area (TPSA) is 65.0 Å². The number of rotatable bonds is 22. The molecule has 0 amide bonds. The summed E-state index contributed by atoms with van der Waals surface area (Å²) in [4.78, 5) is 9.00. The summed E-state index contributed by atoms with van der Waals surface area (Å²) in [5, 5.41) is 7.42. The van der Waals surface area contributed by atoms with Gasteiger partial charge in [0, 0.05) is 32.6 Å². The first kappa shape index (κ1) is 32.4. The van der Waals surface area contributed by atoms with Crippen molar-refractivity contribution in [2.45, 2.75) is 174 Å². The molecule has 2 aliphatic rings. The van der Waals surface area contributed by atoms with Crippen molar-refractivity contribution >= 4 is 5.97 Å². The highest BCUT2D eigenvalue weighted by molar-refractivity contribution is 5.62. The molecule has 2 atom stereocenters. The number of unbranched alkanes of at least 4 members (excludes halogenated alkanes) is 16. The van der Waals surface area contributed by atoms with E-state index in [1.54, 1.807) is 0 Å². The Morgan fingerprint density at radius 2 is 0.886 bits per heavy atom. The molecule has 0 aromatic carbocycles. The maximum absolute atomic E-state index is 9.00. The molecule has 2 unspecified atom stereocenters. The van der Waals surface area contributed by atoms with E-state index in [2.05, 4.69) is 13.8 Å². The normalized spacial score (nSPS) is 23.2. The molecule has 0 bridgehead atoms. The van der Waals surface area contributed by atoms with Crippen LogP contribution >= 0.6 is 0 Å². The number of carboxylic acid groups (broad SMARTS) is 1. The molecule has 35 heavy (non-hydrogen) atoms. The lowest BCUT2D eigenvalue weighted by atomic mass is 9.95. The summed E-state index contributed by atoms with van der Waals surface area (Å²) < 4.78 is 18.6. The van der Waals surface area contributed by atoms with Gasteiger partial charge in [-0.3, -0.25) is 4.79 Å². The lowest BCUT2D eigenvalue weighted by Crippen LogP contribution is -2.57. The van der Waals surface area contributed by atoms with Gasteiger partial charge in [0.1, 0.15) is 0 Å². The summed E-state index contributed by atoms with van der Waals surface area (Å²) >= 11 is 0. The van der Waals surface area contributed by atoms with Gasteiger partial charge in [-0.1, -0.05) is 117 Å². The number of hydrogen-bond acceptors (Lipinski definition) is 4. The Morgan fingerprint density at radius 1 is 0.629 bits per heavy atom. The molecule has 2 aliphatic heterocycles. The smallest absolute Gasteiger partial charge is 0.300 e. The quantitative estimate of drug-likeness (QED) is 0.151. The molecule has 0 aromatic rings. The standard InChI is InChI=1S/C28H54O3.C2H4O2/c1-3-5-7-9-11-13-15-17-19-21-27(23-25-29-27)31-28(24-26-30-28)22-20-18-16-14-12-10-8-6-4-2;1-2(3)4/h3-26H2,1-2H3;1H3,(H,3,4). The number of ether oxygens (including phenoxy) is 3. The number of carboxylic acids is 1. The van der Waals surface area contributed by atoms with E-state index in [9.17, 15) is 0 Å². The van der Waals surface area contributed by atoms with Gasteiger partial charge in [-0.25, -0.2) is 0 Å². The fourth-order valence-electron chi connectivity index (χ4n) is 5.07. The van der Waals surface area contributed by atoms with Gasteiger partial charge < -0.3 is 19.3 Å². The zero-order chi connectivity index (χ0) is 25.7. The second-order valence-electron chi connectivity index (χ2n) is 10.8. The first-order chi connectivity index (χ1) is 17.0. The average Bonchev–Trinajstić information content (AvgIpc) is 2.77. The zero-order valence-corrected chi connectivity index (χ0v) is 23.6. The van der Waals surface area contributed by atoms with Crippen molar-refractivity contribution in [1.82, 2.24) is 0 Å². The average molecular weight is 499 g/mol. The minimum atomic E-state index is -0.833. The third-order valence-electron chi connectivity index (χ3n) is 7.39. The molecule has 2 rings (SSSR count). The van der Waals surface area contributed by atoms with E-state index >= 15 is 0 Å². The molecule has 5 nitrogen and oxygen atoms in total. The van der Waals surface area contributed by atoms with Crippen LogP contribution in [0.4, 0.5) is 0 Å². The van der Waals surface area contributed by atoms with Crippen LogP contribution in [0.5, 0.6) is 0 Å². The molecule has 0 spiro atoms. The molecule has 0 aliphatic carbocycles. The molecule has 1 N–H and O–H groups in total. The Morgan fingerprint density at radius 3 is 1.11 bits per heavy atom. The summed E-state index contributed by atoms with van der Waals surface area (Å²) in [6.45, 7) is 7.36. The van der Waals surface area contributed by atoms with Gasteiger partial charge in [0.25, 0.3) is 5.97 Å². The maximum atomic E-state index is 9.00. The van der Waals surface area contributed by atoms with Crippen LogP contribution in [0, 0.1) is 0 Å². The molecular weight excluding hydrogens is 440 g/mol. The van der Waals surface area contributed by atoms with Crippen LogP contribution in [-0.2, 0) is 19.0 Å². The Bertz CT molecular complexity index is 457. The minimum Gasteiger partial charge on any atom is -0.481 e. The SMILES string of the molecule is CC(=O)O.CCCCCCCCCCCC1(OC2(CCCCCCCCCCC)CCO2)CCO1. The van der Waals surface area contributed by atoms with Gasteiger partial charge in [-0.2, -0.15) is 0 Å². The predicted molar refractivity (Wildman–Crippen MR) is 145 cm³/mol. The van der Waals surface area contributed by atoms with E-state index < -0.39 is 5.97 Å². The summed E-state index contributed by atoms with van der Waals surface area (Å²) in [7, 11) is 0. The van der Waals surface area contributed by atoms with E-state index in [1.807, 2.05) is 0 Å². The summed E-state index contributed by atoms with van der Waals surface area (Å²) in [5.41, 5.74) is 0. The van der Waals surface area contributed by atoms with Gasteiger partial charge in [-0.05, 0) is 12.8 Å².